The summed E-state index contributed by atoms with van der Waals surface area (Å²) in [6, 6.07) is 5.92. The van der Waals surface area contributed by atoms with Gasteiger partial charge in [0.1, 0.15) is 5.54 Å². The Morgan fingerprint density at radius 2 is 2.18 bits per heavy atom. The molecule has 1 aromatic carbocycles. The molecule has 1 saturated heterocycles. The number of anilines is 2. The third kappa shape index (κ3) is 2.20. The Balaban J connectivity index is 2.41. The number of nitrogens with zero attached hydrogens (tertiary/aromatic N) is 1. The van der Waals surface area contributed by atoms with E-state index in [0.717, 1.165) is 21.5 Å². The van der Waals surface area contributed by atoms with Crippen LogP contribution in [-0.2, 0) is 4.79 Å². The van der Waals surface area contributed by atoms with E-state index in [9.17, 15) is 4.79 Å². The minimum atomic E-state index is -0.556. The topological polar surface area (TPSA) is 58.4 Å². The Labute approximate surface area is 115 Å². The SMILES string of the molecule is CC1(C)C(=O)NCCN1c1ccc(I)cc1N. The smallest absolute Gasteiger partial charge is 0.245 e. The average molecular weight is 345 g/mol. The molecule has 0 unspecified atom stereocenters. The van der Waals surface area contributed by atoms with Gasteiger partial charge in [-0.3, -0.25) is 4.79 Å². The van der Waals surface area contributed by atoms with Crippen LogP contribution in [0.4, 0.5) is 11.4 Å². The molecule has 1 fully saturated rings. The van der Waals surface area contributed by atoms with Gasteiger partial charge >= 0.3 is 0 Å². The van der Waals surface area contributed by atoms with Gasteiger partial charge in [-0.25, -0.2) is 0 Å². The van der Waals surface area contributed by atoms with Gasteiger partial charge in [0.25, 0.3) is 0 Å². The van der Waals surface area contributed by atoms with Crippen molar-refractivity contribution >= 4 is 39.9 Å². The molecule has 2 rings (SSSR count). The number of hydrogen-bond donors (Lipinski definition) is 2. The van der Waals surface area contributed by atoms with E-state index in [1.54, 1.807) is 0 Å². The van der Waals surface area contributed by atoms with E-state index in [-0.39, 0.29) is 5.91 Å². The van der Waals surface area contributed by atoms with Crippen molar-refractivity contribution in [1.82, 2.24) is 5.32 Å². The molecule has 17 heavy (non-hydrogen) atoms. The second kappa shape index (κ2) is 4.36. The predicted octanol–water partition coefficient (Wildman–Crippen LogP) is 1.59. The van der Waals surface area contributed by atoms with E-state index < -0.39 is 5.54 Å². The minimum Gasteiger partial charge on any atom is -0.397 e. The van der Waals surface area contributed by atoms with E-state index in [2.05, 4.69) is 32.8 Å². The first kappa shape index (κ1) is 12.5. The van der Waals surface area contributed by atoms with E-state index in [4.69, 9.17) is 5.73 Å². The fourth-order valence-corrected chi connectivity index (χ4v) is 2.61. The highest BCUT2D eigenvalue weighted by atomic mass is 127. The van der Waals surface area contributed by atoms with Crippen molar-refractivity contribution in [3.63, 3.8) is 0 Å². The third-order valence-corrected chi connectivity index (χ3v) is 3.80. The van der Waals surface area contributed by atoms with Crippen LogP contribution in [0, 0.1) is 3.57 Å². The van der Waals surface area contributed by atoms with Gasteiger partial charge in [-0.05, 0) is 54.6 Å². The Morgan fingerprint density at radius 1 is 1.47 bits per heavy atom. The molecular formula is C12H16IN3O. The van der Waals surface area contributed by atoms with Gasteiger partial charge in [-0.1, -0.05) is 0 Å². The molecule has 0 aliphatic carbocycles. The molecule has 0 bridgehead atoms. The van der Waals surface area contributed by atoms with Crippen LogP contribution < -0.4 is 16.0 Å². The average Bonchev–Trinajstić information content (AvgIpc) is 2.23. The number of hydrogen-bond acceptors (Lipinski definition) is 3. The summed E-state index contributed by atoms with van der Waals surface area (Å²) in [7, 11) is 0. The molecule has 3 N–H and O–H groups in total. The zero-order chi connectivity index (χ0) is 12.6. The lowest BCUT2D eigenvalue weighted by Gasteiger charge is -2.43. The third-order valence-electron chi connectivity index (χ3n) is 3.13. The van der Waals surface area contributed by atoms with E-state index >= 15 is 0 Å². The Kier molecular flexibility index (Phi) is 3.20. The molecule has 0 spiro atoms. The second-order valence-electron chi connectivity index (χ2n) is 4.67. The monoisotopic (exact) mass is 345 g/mol. The van der Waals surface area contributed by atoms with E-state index in [0.29, 0.717) is 6.54 Å². The lowest BCUT2D eigenvalue weighted by molar-refractivity contribution is -0.126. The summed E-state index contributed by atoms with van der Waals surface area (Å²) in [5.74, 6) is 0.0432. The van der Waals surface area contributed by atoms with Crippen molar-refractivity contribution in [2.75, 3.05) is 23.7 Å². The van der Waals surface area contributed by atoms with Gasteiger partial charge < -0.3 is 16.0 Å². The van der Waals surface area contributed by atoms with Crippen molar-refractivity contribution < 1.29 is 4.79 Å². The van der Waals surface area contributed by atoms with Crippen LogP contribution in [0.25, 0.3) is 0 Å². The quantitative estimate of drug-likeness (QED) is 0.600. The van der Waals surface area contributed by atoms with Crippen LogP contribution >= 0.6 is 22.6 Å². The Morgan fingerprint density at radius 3 is 2.82 bits per heavy atom. The van der Waals surface area contributed by atoms with Gasteiger partial charge in [0.15, 0.2) is 0 Å². The van der Waals surface area contributed by atoms with Gasteiger partial charge in [0, 0.05) is 16.7 Å². The molecule has 0 saturated carbocycles. The molecule has 0 atom stereocenters. The molecule has 0 radical (unpaired) electrons. The van der Waals surface area contributed by atoms with Crippen LogP contribution in [0.15, 0.2) is 18.2 Å². The molecule has 0 aromatic heterocycles. The molecule has 1 aromatic rings. The highest BCUT2D eigenvalue weighted by Crippen LogP contribution is 2.31. The zero-order valence-corrected chi connectivity index (χ0v) is 12.1. The van der Waals surface area contributed by atoms with Crippen molar-refractivity contribution in [2.24, 2.45) is 0 Å². The number of nitrogens with two attached hydrogens (primary N) is 1. The number of benzene rings is 1. The fourth-order valence-electron chi connectivity index (χ4n) is 2.09. The molecule has 1 heterocycles. The maximum Gasteiger partial charge on any atom is 0.245 e. The molecule has 5 heteroatoms. The summed E-state index contributed by atoms with van der Waals surface area (Å²) in [4.78, 5) is 13.9. The van der Waals surface area contributed by atoms with Crippen molar-refractivity contribution in [1.29, 1.82) is 0 Å². The Bertz CT molecular complexity index is 459. The molecule has 1 aliphatic rings. The number of piperazine rings is 1. The molecule has 4 nitrogen and oxygen atoms in total. The summed E-state index contributed by atoms with van der Waals surface area (Å²) in [6.45, 7) is 5.27. The summed E-state index contributed by atoms with van der Waals surface area (Å²) in [5, 5.41) is 2.88. The van der Waals surface area contributed by atoms with Gasteiger partial charge in [0.05, 0.1) is 11.4 Å². The molecular weight excluding hydrogens is 329 g/mol. The lowest BCUT2D eigenvalue weighted by Crippen LogP contribution is -2.62. The fraction of sp³-hybridized carbons (Fsp3) is 0.417. The van der Waals surface area contributed by atoms with Crippen LogP contribution in [-0.4, -0.2) is 24.5 Å². The number of amides is 1. The molecule has 1 amide bonds. The number of carbonyl (C=O) groups is 1. The predicted molar refractivity (Wildman–Crippen MR) is 78.0 cm³/mol. The number of nitrogen functional groups attached to an aromatic ring is 1. The first-order valence-electron chi connectivity index (χ1n) is 5.54. The van der Waals surface area contributed by atoms with Crippen molar-refractivity contribution in [3.8, 4) is 0 Å². The standard InChI is InChI=1S/C12H16IN3O/c1-12(2)11(17)15-5-6-16(12)10-4-3-8(13)7-9(10)14/h3-4,7H,5-6,14H2,1-2H3,(H,15,17). The zero-order valence-electron chi connectivity index (χ0n) is 9.96. The van der Waals surface area contributed by atoms with Crippen LogP contribution in [0.1, 0.15) is 13.8 Å². The number of halogens is 1. The highest BCUT2D eigenvalue weighted by molar-refractivity contribution is 14.1. The van der Waals surface area contributed by atoms with Crippen molar-refractivity contribution in [2.45, 2.75) is 19.4 Å². The lowest BCUT2D eigenvalue weighted by atomic mass is 9.97. The summed E-state index contributed by atoms with van der Waals surface area (Å²) < 4.78 is 1.10. The van der Waals surface area contributed by atoms with Gasteiger partial charge in [-0.15, -0.1) is 0 Å². The number of rotatable bonds is 1. The minimum absolute atomic E-state index is 0.0432. The number of nitrogens with one attached hydrogen (secondary N) is 1. The molecule has 1 aliphatic heterocycles. The summed E-state index contributed by atoms with van der Waals surface area (Å²) in [5.41, 5.74) is 7.14. The highest BCUT2D eigenvalue weighted by Gasteiger charge is 2.38. The summed E-state index contributed by atoms with van der Waals surface area (Å²) >= 11 is 2.23. The maximum absolute atomic E-state index is 11.9. The van der Waals surface area contributed by atoms with E-state index in [1.807, 2.05) is 32.0 Å². The van der Waals surface area contributed by atoms with Crippen LogP contribution in [0.3, 0.4) is 0 Å². The largest absolute Gasteiger partial charge is 0.397 e. The van der Waals surface area contributed by atoms with Crippen LogP contribution in [0.5, 0.6) is 0 Å². The normalized spacial score (nSPS) is 19.0. The first-order valence-corrected chi connectivity index (χ1v) is 6.62. The molecule has 92 valence electrons. The van der Waals surface area contributed by atoms with Gasteiger partial charge in [0.2, 0.25) is 5.91 Å². The Hall–Kier alpha value is -0.980. The van der Waals surface area contributed by atoms with Gasteiger partial charge in [-0.2, -0.15) is 0 Å². The van der Waals surface area contributed by atoms with Crippen molar-refractivity contribution in [3.05, 3.63) is 21.8 Å². The summed E-state index contributed by atoms with van der Waals surface area (Å²) in [6.07, 6.45) is 0. The second-order valence-corrected chi connectivity index (χ2v) is 5.92. The first-order chi connectivity index (χ1) is 7.93. The van der Waals surface area contributed by atoms with E-state index in [1.165, 1.54) is 0 Å². The maximum atomic E-state index is 11.9. The number of carbonyl (C=O) groups excluding carboxylic acids is 1. The van der Waals surface area contributed by atoms with Crippen LogP contribution in [0.2, 0.25) is 0 Å².